The summed E-state index contributed by atoms with van der Waals surface area (Å²) in [5.41, 5.74) is 1.25. The zero-order chi connectivity index (χ0) is 14.8. The molecule has 0 amide bonds. The fourth-order valence-corrected chi connectivity index (χ4v) is 2.67. The highest BCUT2D eigenvalue weighted by Crippen LogP contribution is 2.47. The van der Waals surface area contributed by atoms with Crippen LogP contribution in [0.2, 0.25) is 0 Å². The third-order valence-corrected chi connectivity index (χ3v) is 4.36. The third kappa shape index (κ3) is 3.30. The number of rotatable bonds is 6. The van der Waals surface area contributed by atoms with Crippen molar-refractivity contribution in [3.8, 4) is 5.75 Å². The minimum atomic E-state index is 0.282. The number of ether oxygens (including phenoxy) is 1. The number of furan rings is 1. The molecule has 3 heteroatoms. The minimum Gasteiger partial charge on any atom is -0.497 e. The molecule has 0 saturated heterocycles. The maximum absolute atomic E-state index is 5.92. The largest absolute Gasteiger partial charge is 0.497 e. The van der Waals surface area contributed by atoms with Crippen LogP contribution in [-0.4, -0.2) is 7.11 Å². The molecule has 112 valence electrons. The molecule has 1 aliphatic rings. The van der Waals surface area contributed by atoms with E-state index >= 15 is 0 Å². The van der Waals surface area contributed by atoms with Crippen LogP contribution in [0.5, 0.6) is 5.75 Å². The monoisotopic (exact) mass is 285 g/mol. The average Bonchev–Trinajstić information content (AvgIpc) is 3.06. The van der Waals surface area contributed by atoms with Gasteiger partial charge in [-0.1, -0.05) is 19.1 Å². The van der Waals surface area contributed by atoms with E-state index in [4.69, 9.17) is 9.15 Å². The van der Waals surface area contributed by atoms with Crippen molar-refractivity contribution in [1.82, 2.24) is 5.32 Å². The molecule has 3 nitrogen and oxygen atoms in total. The first-order chi connectivity index (χ1) is 10.2. The van der Waals surface area contributed by atoms with Gasteiger partial charge in [-0.05, 0) is 49.1 Å². The quantitative estimate of drug-likeness (QED) is 0.861. The van der Waals surface area contributed by atoms with Gasteiger partial charge >= 0.3 is 0 Å². The molecule has 1 aromatic heterocycles. The Hall–Kier alpha value is -1.74. The second-order valence-electron chi connectivity index (χ2n) is 6.00. The van der Waals surface area contributed by atoms with Gasteiger partial charge in [0.15, 0.2) is 0 Å². The summed E-state index contributed by atoms with van der Waals surface area (Å²) in [5, 5.41) is 3.50. The van der Waals surface area contributed by atoms with Crippen LogP contribution in [-0.2, 0) is 6.54 Å². The molecule has 1 N–H and O–H groups in total. The van der Waals surface area contributed by atoms with E-state index < -0.39 is 0 Å². The number of hydrogen-bond donors (Lipinski definition) is 1. The van der Waals surface area contributed by atoms with Crippen LogP contribution in [0.15, 0.2) is 40.8 Å². The molecule has 1 saturated carbocycles. The predicted octanol–water partition coefficient (Wildman–Crippen LogP) is 4.26. The molecule has 0 radical (unpaired) electrons. The van der Waals surface area contributed by atoms with Gasteiger partial charge in [0.25, 0.3) is 0 Å². The molecule has 0 spiro atoms. The predicted molar refractivity (Wildman–Crippen MR) is 83.5 cm³/mol. The second-order valence-corrected chi connectivity index (χ2v) is 6.00. The first kappa shape index (κ1) is 14.2. The van der Waals surface area contributed by atoms with Crippen LogP contribution in [0.4, 0.5) is 0 Å². The van der Waals surface area contributed by atoms with Crippen LogP contribution in [0.25, 0.3) is 0 Å². The van der Waals surface area contributed by atoms with Gasteiger partial charge in [-0.3, -0.25) is 0 Å². The smallest absolute Gasteiger partial charge is 0.118 e. The summed E-state index contributed by atoms with van der Waals surface area (Å²) in [5.74, 6) is 4.49. The van der Waals surface area contributed by atoms with Crippen molar-refractivity contribution < 1.29 is 9.15 Å². The molecule has 0 aliphatic heterocycles. The van der Waals surface area contributed by atoms with Gasteiger partial charge < -0.3 is 14.5 Å². The van der Waals surface area contributed by atoms with Crippen molar-refractivity contribution >= 4 is 0 Å². The van der Waals surface area contributed by atoms with E-state index in [-0.39, 0.29) is 6.04 Å². The fraction of sp³-hybridized carbons (Fsp3) is 0.444. The highest BCUT2D eigenvalue weighted by molar-refractivity contribution is 5.28. The van der Waals surface area contributed by atoms with Crippen LogP contribution >= 0.6 is 0 Å². The van der Waals surface area contributed by atoms with Crippen LogP contribution in [0, 0.1) is 5.92 Å². The lowest BCUT2D eigenvalue weighted by atomic mass is 10.1. The molecular weight excluding hydrogens is 262 g/mol. The Morgan fingerprint density at radius 3 is 2.57 bits per heavy atom. The molecule has 1 fully saturated rings. The first-order valence-corrected chi connectivity index (χ1v) is 7.63. The molecule has 3 atom stereocenters. The molecule has 21 heavy (non-hydrogen) atoms. The van der Waals surface area contributed by atoms with Gasteiger partial charge in [0.05, 0.1) is 13.7 Å². The minimum absolute atomic E-state index is 0.282. The van der Waals surface area contributed by atoms with E-state index in [1.165, 1.54) is 12.0 Å². The molecule has 1 heterocycles. The van der Waals surface area contributed by atoms with Crippen molar-refractivity contribution in [1.29, 1.82) is 0 Å². The topological polar surface area (TPSA) is 34.4 Å². The normalized spacial score (nSPS) is 22.0. The zero-order valence-electron chi connectivity index (χ0n) is 12.9. The Bertz CT molecular complexity index is 588. The SMILES string of the molecule is COc1ccc(C(C)NCc2ccc(C3CC3C)o2)cc1. The summed E-state index contributed by atoms with van der Waals surface area (Å²) in [6.07, 6.45) is 1.27. The standard InChI is InChI=1S/C18H23NO2/c1-12-10-17(12)18-9-8-16(21-18)11-19-13(2)14-4-6-15(20-3)7-5-14/h4-9,12-13,17,19H,10-11H2,1-3H3. The summed E-state index contributed by atoms with van der Waals surface area (Å²) in [6, 6.07) is 12.7. The van der Waals surface area contributed by atoms with Crippen LogP contribution in [0.1, 0.15) is 49.3 Å². The second kappa shape index (κ2) is 5.94. The lowest BCUT2D eigenvalue weighted by molar-refractivity contribution is 0.413. The van der Waals surface area contributed by atoms with Crippen molar-refractivity contribution in [2.24, 2.45) is 5.92 Å². The van der Waals surface area contributed by atoms with E-state index in [9.17, 15) is 0 Å². The molecular formula is C18H23NO2. The van der Waals surface area contributed by atoms with Gasteiger partial charge in [-0.25, -0.2) is 0 Å². The number of nitrogens with one attached hydrogen (secondary N) is 1. The van der Waals surface area contributed by atoms with Gasteiger partial charge in [0.1, 0.15) is 17.3 Å². The Labute approximate surface area is 126 Å². The van der Waals surface area contributed by atoms with Gasteiger partial charge in [0, 0.05) is 12.0 Å². The summed E-state index contributed by atoms with van der Waals surface area (Å²) >= 11 is 0. The number of methoxy groups -OCH3 is 1. The summed E-state index contributed by atoms with van der Waals surface area (Å²) in [7, 11) is 1.69. The van der Waals surface area contributed by atoms with Gasteiger partial charge in [-0.15, -0.1) is 0 Å². The molecule has 0 bridgehead atoms. The first-order valence-electron chi connectivity index (χ1n) is 7.63. The molecule has 3 unspecified atom stereocenters. The van der Waals surface area contributed by atoms with Gasteiger partial charge in [0.2, 0.25) is 0 Å². The maximum Gasteiger partial charge on any atom is 0.118 e. The third-order valence-electron chi connectivity index (χ3n) is 4.36. The van der Waals surface area contributed by atoms with E-state index in [0.717, 1.165) is 29.7 Å². The molecule has 1 aromatic carbocycles. The summed E-state index contributed by atoms with van der Waals surface area (Å²) in [6.45, 7) is 5.19. The number of hydrogen-bond acceptors (Lipinski definition) is 3. The Morgan fingerprint density at radius 2 is 1.95 bits per heavy atom. The van der Waals surface area contributed by atoms with E-state index in [0.29, 0.717) is 5.92 Å². The van der Waals surface area contributed by atoms with Gasteiger partial charge in [-0.2, -0.15) is 0 Å². The van der Waals surface area contributed by atoms with Crippen LogP contribution < -0.4 is 10.1 Å². The summed E-state index contributed by atoms with van der Waals surface area (Å²) < 4.78 is 11.1. The fourth-order valence-electron chi connectivity index (χ4n) is 2.67. The molecule has 2 aromatic rings. The van der Waals surface area contributed by atoms with Crippen molar-refractivity contribution in [2.45, 2.75) is 38.8 Å². The highest BCUT2D eigenvalue weighted by Gasteiger charge is 2.36. The highest BCUT2D eigenvalue weighted by atomic mass is 16.5. The van der Waals surface area contributed by atoms with E-state index in [1.807, 2.05) is 12.1 Å². The van der Waals surface area contributed by atoms with Crippen molar-refractivity contribution in [2.75, 3.05) is 7.11 Å². The lowest BCUT2D eigenvalue weighted by Crippen LogP contribution is -2.17. The molecule has 1 aliphatic carbocycles. The number of benzene rings is 1. The van der Waals surface area contributed by atoms with Crippen molar-refractivity contribution in [3.63, 3.8) is 0 Å². The lowest BCUT2D eigenvalue weighted by Gasteiger charge is -2.13. The average molecular weight is 285 g/mol. The van der Waals surface area contributed by atoms with E-state index in [1.54, 1.807) is 7.11 Å². The Kier molecular flexibility index (Phi) is 4.02. The Balaban J connectivity index is 1.55. The van der Waals surface area contributed by atoms with E-state index in [2.05, 4.69) is 43.4 Å². The van der Waals surface area contributed by atoms with Crippen molar-refractivity contribution in [3.05, 3.63) is 53.5 Å². The maximum atomic E-state index is 5.92. The summed E-state index contributed by atoms with van der Waals surface area (Å²) in [4.78, 5) is 0. The molecule has 3 rings (SSSR count). The zero-order valence-corrected chi connectivity index (χ0v) is 12.9. The Morgan fingerprint density at radius 1 is 1.24 bits per heavy atom. The van der Waals surface area contributed by atoms with Crippen LogP contribution in [0.3, 0.4) is 0 Å².